The van der Waals surface area contributed by atoms with Gasteiger partial charge in [-0.05, 0) is 64.4 Å². The first-order valence-electron chi connectivity index (χ1n) is 18.2. The lowest BCUT2D eigenvalue weighted by molar-refractivity contribution is 1.07. The maximum absolute atomic E-state index is 7.59. The van der Waals surface area contributed by atoms with Gasteiger partial charge < -0.3 is 0 Å². The zero-order valence-electron chi connectivity index (χ0n) is 29.9. The van der Waals surface area contributed by atoms with Crippen LogP contribution in [0.4, 0.5) is 5.69 Å². The van der Waals surface area contributed by atoms with Crippen LogP contribution in [0.5, 0.6) is 0 Å². The lowest BCUT2D eigenvalue weighted by Crippen LogP contribution is -2.00. The molecule has 0 radical (unpaired) electrons. The molecule has 260 valence electrons. The summed E-state index contributed by atoms with van der Waals surface area (Å²) >= 11 is 0. The molecule has 0 aliphatic heterocycles. The molecule has 56 heavy (non-hydrogen) atoms. The number of rotatable bonds is 6. The molecule has 0 atom stereocenters. The van der Waals surface area contributed by atoms with E-state index in [1.807, 2.05) is 134 Å². The molecule has 0 fully saturated rings. The highest BCUT2D eigenvalue weighted by Crippen LogP contribution is 2.41. The van der Waals surface area contributed by atoms with Crippen LogP contribution in [0.15, 0.2) is 176 Å². The summed E-state index contributed by atoms with van der Waals surface area (Å²) in [5.41, 5.74) is 10.9. The van der Waals surface area contributed by atoms with Crippen LogP contribution in [0.3, 0.4) is 0 Å². The Kier molecular flexibility index (Phi) is 8.05. The minimum atomic E-state index is 0.591. The van der Waals surface area contributed by atoms with Gasteiger partial charge in [0.2, 0.25) is 0 Å². The van der Waals surface area contributed by atoms with Crippen LogP contribution in [0, 0.1) is 6.57 Å². The molecule has 0 N–H and O–H groups in total. The van der Waals surface area contributed by atoms with Crippen molar-refractivity contribution in [2.75, 3.05) is 0 Å². The van der Waals surface area contributed by atoms with Crippen LogP contribution in [0.2, 0.25) is 0 Å². The smallest absolute Gasteiger partial charge is 0.187 e. The summed E-state index contributed by atoms with van der Waals surface area (Å²) in [7, 11) is 0. The highest BCUT2D eigenvalue weighted by molar-refractivity contribution is 6.22. The molecule has 0 saturated carbocycles. The van der Waals surface area contributed by atoms with E-state index >= 15 is 0 Å². The highest BCUT2D eigenvalue weighted by atomic mass is 15.0. The van der Waals surface area contributed by atoms with E-state index in [9.17, 15) is 0 Å². The van der Waals surface area contributed by atoms with Gasteiger partial charge in [0.15, 0.2) is 23.2 Å². The van der Waals surface area contributed by atoms with Gasteiger partial charge in [-0.1, -0.05) is 109 Å². The number of hydrogen-bond donors (Lipinski definition) is 0. The fraction of sp³-hybridized carbons (Fsp3) is 0. The Balaban J connectivity index is 1.11. The summed E-state index contributed by atoms with van der Waals surface area (Å²) in [6, 6.07) is 50.7. The predicted octanol–water partition coefficient (Wildman–Crippen LogP) is 12.1. The molecule has 0 unspecified atom stereocenters. The first kappa shape index (κ1) is 32.7. The third-order valence-electron chi connectivity index (χ3n) is 10.1. The van der Waals surface area contributed by atoms with Gasteiger partial charge in [0.05, 0.1) is 17.6 Å². The fourth-order valence-corrected chi connectivity index (χ4v) is 7.40. The second-order valence-electron chi connectivity index (χ2n) is 13.5. The van der Waals surface area contributed by atoms with Gasteiger partial charge in [-0.25, -0.2) is 19.8 Å². The zero-order valence-corrected chi connectivity index (χ0v) is 29.9. The van der Waals surface area contributed by atoms with E-state index in [1.54, 1.807) is 0 Å². The van der Waals surface area contributed by atoms with Crippen molar-refractivity contribution < 1.29 is 0 Å². The Morgan fingerprint density at radius 1 is 0.375 bits per heavy atom. The molecule has 0 saturated heterocycles. The number of fused-ring (bicyclic) bond motifs is 5. The van der Waals surface area contributed by atoms with Crippen LogP contribution in [0.25, 0.3) is 105 Å². The number of hydrogen-bond acceptors (Lipinski definition) is 6. The molecule has 4 aromatic heterocycles. The van der Waals surface area contributed by atoms with Crippen LogP contribution in [-0.4, -0.2) is 29.9 Å². The Labute approximate surface area is 322 Å². The van der Waals surface area contributed by atoms with Crippen molar-refractivity contribution in [2.45, 2.75) is 0 Å². The maximum Gasteiger partial charge on any atom is 0.187 e. The average Bonchev–Trinajstić information content (AvgIpc) is 3.29. The molecule has 0 bridgehead atoms. The topological polar surface area (TPSA) is 81.7 Å². The number of nitrogens with zero attached hydrogens (tertiary/aromatic N) is 7. The normalized spacial score (nSPS) is 11.2. The Bertz CT molecular complexity index is 3100. The van der Waals surface area contributed by atoms with Gasteiger partial charge in [-0.15, -0.1) is 0 Å². The largest absolute Gasteiger partial charge is 0.263 e. The van der Waals surface area contributed by atoms with Crippen molar-refractivity contribution in [1.82, 2.24) is 29.9 Å². The summed E-state index contributed by atoms with van der Waals surface area (Å²) in [6.45, 7) is 7.59. The van der Waals surface area contributed by atoms with Crippen LogP contribution < -0.4 is 0 Å². The van der Waals surface area contributed by atoms with Crippen molar-refractivity contribution in [3.05, 3.63) is 188 Å². The molecule has 7 heteroatoms. The molecule has 0 aliphatic carbocycles. The standard InChI is InChI=1S/C49H29N7/c1-50-38-19-9-17-34(26-38)41-27-43-40-21-11-23-53-46(40)42(28-44(43)39-20-10-22-52-45(39)41)37-25-36(29-51-30-37)33-16-8-18-35(24-33)49-55-47(31-12-4-2-5-13-31)54-48(56-49)32-14-6-3-7-15-32/h2-30H. The van der Waals surface area contributed by atoms with E-state index in [0.717, 1.165) is 82.6 Å². The predicted molar refractivity (Wildman–Crippen MR) is 225 cm³/mol. The van der Waals surface area contributed by atoms with Crippen LogP contribution >= 0.6 is 0 Å². The summed E-state index contributed by atoms with van der Waals surface area (Å²) in [5, 5.41) is 4.19. The second kappa shape index (κ2) is 13.8. The first-order valence-corrected chi connectivity index (χ1v) is 18.2. The minimum Gasteiger partial charge on any atom is -0.263 e. The molecule has 6 aromatic carbocycles. The molecular formula is C49H29N7. The van der Waals surface area contributed by atoms with E-state index in [-0.39, 0.29) is 0 Å². The Morgan fingerprint density at radius 3 is 1.50 bits per heavy atom. The number of aromatic nitrogens is 6. The molecule has 0 amide bonds. The maximum atomic E-state index is 7.59. The molecule has 0 aliphatic rings. The monoisotopic (exact) mass is 715 g/mol. The van der Waals surface area contributed by atoms with E-state index in [2.05, 4.69) is 47.3 Å². The van der Waals surface area contributed by atoms with E-state index < -0.39 is 0 Å². The molecule has 10 aromatic rings. The molecule has 0 spiro atoms. The summed E-state index contributed by atoms with van der Waals surface area (Å²) in [5.74, 6) is 1.82. The number of pyridine rings is 3. The van der Waals surface area contributed by atoms with Crippen LogP contribution in [-0.2, 0) is 0 Å². The third kappa shape index (κ3) is 5.88. The average molecular weight is 716 g/mol. The second-order valence-corrected chi connectivity index (χ2v) is 13.5. The van der Waals surface area contributed by atoms with Crippen molar-refractivity contribution >= 4 is 38.3 Å². The van der Waals surface area contributed by atoms with Crippen molar-refractivity contribution in [3.8, 4) is 67.5 Å². The van der Waals surface area contributed by atoms with Gasteiger partial charge in [-0.3, -0.25) is 15.0 Å². The summed E-state index contributed by atoms with van der Waals surface area (Å²) in [6.07, 6.45) is 7.45. The van der Waals surface area contributed by atoms with E-state index in [4.69, 9.17) is 36.5 Å². The van der Waals surface area contributed by atoms with Crippen molar-refractivity contribution in [1.29, 1.82) is 0 Å². The van der Waals surface area contributed by atoms with Gasteiger partial charge in [0, 0.05) is 74.5 Å². The highest BCUT2D eigenvalue weighted by Gasteiger charge is 2.18. The molecule has 4 heterocycles. The fourth-order valence-electron chi connectivity index (χ4n) is 7.40. The van der Waals surface area contributed by atoms with Crippen molar-refractivity contribution in [2.24, 2.45) is 0 Å². The van der Waals surface area contributed by atoms with E-state index in [1.165, 1.54) is 0 Å². The zero-order chi connectivity index (χ0) is 37.4. The van der Waals surface area contributed by atoms with Crippen molar-refractivity contribution in [3.63, 3.8) is 0 Å². The Hall–Kier alpha value is -7.95. The summed E-state index contributed by atoms with van der Waals surface area (Å²) in [4.78, 5) is 33.0. The Morgan fingerprint density at radius 2 is 0.875 bits per heavy atom. The van der Waals surface area contributed by atoms with Gasteiger partial charge in [0.25, 0.3) is 0 Å². The molecular weight excluding hydrogens is 687 g/mol. The van der Waals surface area contributed by atoms with Gasteiger partial charge in [0.1, 0.15) is 0 Å². The quantitative estimate of drug-likeness (QED) is 0.126. The lowest BCUT2D eigenvalue weighted by atomic mass is 9.90. The molecule has 10 rings (SSSR count). The van der Waals surface area contributed by atoms with Crippen LogP contribution in [0.1, 0.15) is 0 Å². The SMILES string of the molecule is [C-]#[N+]c1cccc(-c2cc3c4cccnc4c(-c4cncc(-c5cccc(-c6nc(-c7ccccc7)nc(-c7ccccc7)n6)c5)c4)cc3c3cccnc23)c1. The minimum absolute atomic E-state index is 0.591. The third-order valence-corrected chi connectivity index (χ3v) is 10.1. The summed E-state index contributed by atoms with van der Waals surface area (Å²) < 4.78 is 0. The number of benzene rings is 6. The molecule has 7 nitrogen and oxygen atoms in total. The van der Waals surface area contributed by atoms with Gasteiger partial charge >= 0.3 is 0 Å². The first-order chi connectivity index (χ1) is 27.7. The van der Waals surface area contributed by atoms with Gasteiger partial charge in [-0.2, -0.15) is 0 Å². The lowest BCUT2D eigenvalue weighted by Gasteiger charge is -2.15. The van der Waals surface area contributed by atoms with E-state index in [0.29, 0.717) is 23.2 Å².